The third-order valence-electron chi connectivity index (χ3n) is 2.20. The second kappa shape index (κ2) is 2.98. The van der Waals surface area contributed by atoms with Crippen LogP contribution in [0, 0.1) is 0 Å². The van der Waals surface area contributed by atoms with Gasteiger partial charge in [-0.3, -0.25) is 4.90 Å². The van der Waals surface area contributed by atoms with Gasteiger partial charge in [-0.1, -0.05) is 6.32 Å². The van der Waals surface area contributed by atoms with Crippen LogP contribution >= 0.6 is 0 Å². The molecule has 1 fully saturated rings. The highest BCUT2D eigenvalue weighted by Gasteiger charge is 2.26. The van der Waals surface area contributed by atoms with Crippen LogP contribution in [0.3, 0.4) is 0 Å². The van der Waals surface area contributed by atoms with Gasteiger partial charge in [-0.25, -0.2) is 0 Å². The Labute approximate surface area is 69.2 Å². The van der Waals surface area contributed by atoms with E-state index < -0.39 is 0 Å². The van der Waals surface area contributed by atoms with E-state index in [-0.39, 0.29) is 5.54 Å². The molecule has 0 saturated carbocycles. The van der Waals surface area contributed by atoms with Crippen molar-refractivity contribution < 1.29 is 4.79 Å². The summed E-state index contributed by atoms with van der Waals surface area (Å²) in [5.74, 6) is 0. The maximum absolute atomic E-state index is 11.1. The van der Waals surface area contributed by atoms with Crippen LogP contribution in [0.2, 0.25) is 6.32 Å². The Bertz CT molecular complexity index is 162. The minimum absolute atomic E-state index is 0.163. The van der Waals surface area contributed by atoms with Crippen LogP contribution in [-0.4, -0.2) is 36.5 Å². The molecule has 62 valence electrons. The summed E-state index contributed by atoms with van der Waals surface area (Å²) in [6.07, 6.45) is 1.04. The van der Waals surface area contributed by atoms with Gasteiger partial charge < -0.3 is 4.79 Å². The Hall–Kier alpha value is -0.305. The largest absolute Gasteiger partial charge is 0.310 e. The van der Waals surface area contributed by atoms with Crippen LogP contribution in [0.5, 0.6) is 0 Å². The standard InChI is InChI=1S/C8H16BNO/c1-8(2,3)10-5-4-9-7(11)6-10/h9H,4-6H2,1-3H3. The van der Waals surface area contributed by atoms with Gasteiger partial charge in [-0.15, -0.1) is 0 Å². The van der Waals surface area contributed by atoms with Crippen LogP contribution in [0.25, 0.3) is 0 Å². The van der Waals surface area contributed by atoms with Crippen molar-refractivity contribution in [1.82, 2.24) is 4.90 Å². The van der Waals surface area contributed by atoms with Gasteiger partial charge in [0, 0.05) is 12.1 Å². The van der Waals surface area contributed by atoms with E-state index in [0.29, 0.717) is 12.2 Å². The lowest BCUT2D eigenvalue weighted by Gasteiger charge is -2.37. The van der Waals surface area contributed by atoms with Gasteiger partial charge in [0.05, 0.1) is 0 Å². The Morgan fingerprint density at radius 1 is 1.45 bits per heavy atom. The molecule has 0 N–H and O–H groups in total. The molecule has 2 nitrogen and oxygen atoms in total. The Morgan fingerprint density at radius 2 is 2.09 bits per heavy atom. The van der Waals surface area contributed by atoms with Crippen molar-refractivity contribution in [3.63, 3.8) is 0 Å². The van der Waals surface area contributed by atoms with E-state index >= 15 is 0 Å². The van der Waals surface area contributed by atoms with E-state index in [1.807, 2.05) is 0 Å². The van der Waals surface area contributed by atoms with E-state index in [2.05, 4.69) is 25.7 Å². The Morgan fingerprint density at radius 3 is 2.45 bits per heavy atom. The second-order valence-corrected chi connectivity index (χ2v) is 4.23. The SMILES string of the molecule is CC(C)(C)N1CCBC(=O)C1. The zero-order valence-corrected chi connectivity index (χ0v) is 7.68. The first-order valence-electron chi connectivity index (χ1n) is 4.27. The normalized spacial score (nSPS) is 21.5. The van der Waals surface area contributed by atoms with Crippen LogP contribution in [-0.2, 0) is 4.79 Å². The number of nitrogens with zero attached hydrogens (tertiary/aromatic N) is 1. The molecule has 0 amide bonds. The van der Waals surface area contributed by atoms with E-state index in [0.717, 1.165) is 20.1 Å². The number of carbonyl (C=O) groups is 1. The Kier molecular flexibility index (Phi) is 2.38. The molecule has 0 aromatic rings. The van der Waals surface area contributed by atoms with Crippen molar-refractivity contribution in [2.45, 2.75) is 32.6 Å². The molecule has 1 aliphatic heterocycles. The molecule has 0 aliphatic carbocycles. The molecule has 0 bridgehead atoms. The summed E-state index contributed by atoms with van der Waals surface area (Å²) in [4.78, 5) is 13.3. The summed E-state index contributed by atoms with van der Waals surface area (Å²) in [5, 5.41) is 0. The Balaban J connectivity index is 2.53. The highest BCUT2D eigenvalue weighted by Crippen LogP contribution is 2.15. The van der Waals surface area contributed by atoms with Gasteiger partial charge in [-0.2, -0.15) is 0 Å². The number of hydrogen-bond acceptors (Lipinski definition) is 2. The monoisotopic (exact) mass is 153 g/mol. The third kappa shape index (κ3) is 2.33. The lowest BCUT2D eigenvalue weighted by Crippen LogP contribution is -2.49. The number of rotatable bonds is 0. The predicted octanol–water partition coefficient (Wildman–Crippen LogP) is 0.482. The fourth-order valence-corrected chi connectivity index (χ4v) is 1.41. The average Bonchev–Trinajstić information content (AvgIpc) is 1.86. The van der Waals surface area contributed by atoms with Crippen molar-refractivity contribution in [2.24, 2.45) is 0 Å². The first-order chi connectivity index (χ1) is 5.00. The maximum Gasteiger partial charge on any atom is 0.208 e. The molecule has 1 rings (SSSR count). The van der Waals surface area contributed by atoms with E-state index in [1.165, 1.54) is 0 Å². The van der Waals surface area contributed by atoms with Crippen molar-refractivity contribution in [3.05, 3.63) is 0 Å². The summed E-state index contributed by atoms with van der Waals surface area (Å²) >= 11 is 0. The van der Waals surface area contributed by atoms with Gasteiger partial charge in [-0.05, 0) is 27.3 Å². The smallest absolute Gasteiger partial charge is 0.208 e. The minimum atomic E-state index is 0.163. The van der Waals surface area contributed by atoms with E-state index in [1.54, 1.807) is 0 Å². The van der Waals surface area contributed by atoms with E-state index in [9.17, 15) is 4.79 Å². The van der Waals surface area contributed by atoms with Crippen molar-refractivity contribution in [3.8, 4) is 0 Å². The second-order valence-electron chi connectivity index (χ2n) is 4.23. The molecular formula is C8H16BNO. The van der Waals surface area contributed by atoms with Gasteiger partial charge >= 0.3 is 0 Å². The lowest BCUT2D eigenvalue weighted by molar-refractivity contribution is -0.115. The molecule has 0 radical (unpaired) electrons. The first kappa shape index (κ1) is 8.79. The predicted molar refractivity (Wildman–Crippen MR) is 48.3 cm³/mol. The highest BCUT2D eigenvalue weighted by atomic mass is 16.1. The molecule has 1 saturated heterocycles. The number of hydrogen-bond donors (Lipinski definition) is 0. The summed E-state index contributed by atoms with van der Waals surface area (Å²) in [6.45, 7) is 8.21. The fraction of sp³-hybridized carbons (Fsp3) is 0.875. The molecule has 3 heteroatoms. The van der Waals surface area contributed by atoms with Gasteiger partial charge in [0.2, 0.25) is 7.28 Å². The van der Waals surface area contributed by atoms with Crippen molar-refractivity contribution in [2.75, 3.05) is 13.1 Å². The van der Waals surface area contributed by atoms with Gasteiger partial charge in [0.1, 0.15) is 5.68 Å². The topological polar surface area (TPSA) is 20.3 Å². The molecule has 1 aliphatic rings. The van der Waals surface area contributed by atoms with Gasteiger partial charge in [0.25, 0.3) is 0 Å². The molecule has 1 heterocycles. The number of carbonyl (C=O) groups excluding carboxylic acids is 1. The maximum atomic E-state index is 11.1. The van der Waals surface area contributed by atoms with Crippen molar-refractivity contribution >= 4 is 13.0 Å². The quantitative estimate of drug-likeness (QED) is 0.472. The fourth-order valence-electron chi connectivity index (χ4n) is 1.41. The molecule has 0 aromatic heterocycles. The first-order valence-corrected chi connectivity index (χ1v) is 4.27. The highest BCUT2D eigenvalue weighted by molar-refractivity contribution is 6.74. The van der Waals surface area contributed by atoms with Crippen LogP contribution in [0.15, 0.2) is 0 Å². The van der Waals surface area contributed by atoms with Crippen LogP contribution in [0.4, 0.5) is 0 Å². The molecule has 0 atom stereocenters. The van der Waals surface area contributed by atoms with E-state index in [4.69, 9.17) is 0 Å². The lowest BCUT2D eigenvalue weighted by atomic mass is 9.66. The zero-order chi connectivity index (χ0) is 8.48. The van der Waals surface area contributed by atoms with Crippen LogP contribution < -0.4 is 0 Å². The van der Waals surface area contributed by atoms with Gasteiger partial charge in [0.15, 0.2) is 0 Å². The van der Waals surface area contributed by atoms with Crippen LogP contribution in [0.1, 0.15) is 20.8 Å². The molecule has 11 heavy (non-hydrogen) atoms. The molecule has 0 spiro atoms. The summed E-state index contributed by atoms with van der Waals surface area (Å²) in [5.41, 5.74) is 0.557. The summed E-state index contributed by atoms with van der Waals surface area (Å²) in [7, 11) is 0.784. The molecular weight excluding hydrogens is 137 g/mol. The average molecular weight is 153 g/mol. The minimum Gasteiger partial charge on any atom is -0.310 e. The molecule has 0 aromatic carbocycles. The van der Waals surface area contributed by atoms with Crippen molar-refractivity contribution in [1.29, 1.82) is 0 Å². The zero-order valence-electron chi connectivity index (χ0n) is 7.68. The molecule has 0 unspecified atom stereocenters. The summed E-state index contributed by atoms with van der Waals surface area (Å²) in [6, 6.07) is 0. The third-order valence-corrected chi connectivity index (χ3v) is 2.20. The summed E-state index contributed by atoms with van der Waals surface area (Å²) < 4.78 is 0.